The number of rotatable bonds is 3. The van der Waals surface area contributed by atoms with Crippen LogP contribution in [0.3, 0.4) is 0 Å². The van der Waals surface area contributed by atoms with Crippen molar-refractivity contribution in [3.8, 4) is 5.95 Å². The maximum absolute atomic E-state index is 6.32. The molecule has 7 aromatic rings. The Balaban J connectivity index is 1.25. The van der Waals surface area contributed by atoms with E-state index in [0.29, 0.717) is 17.7 Å². The number of aromatic nitrogens is 4. The Morgan fingerprint density at radius 3 is 2.46 bits per heavy atom. The highest BCUT2D eigenvalue weighted by atomic mass is 16.3. The maximum atomic E-state index is 6.32. The van der Waals surface area contributed by atoms with E-state index in [1.807, 2.05) is 12.1 Å². The molecule has 0 saturated heterocycles. The van der Waals surface area contributed by atoms with Gasteiger partial charge in [0.25, 0.3) is 0 Å². The first-order valence-electron chi connectivity index (χ1n) is 15.9. The zero-order valence-electron chi connectivity index (χ0n) is 25.0. The van der Waals surface area contributed by atoms with Crippen LogP contribution in [-0.4, -0.2) is 19.5 Å². The van der Waals surface area contributed by atoms with Crippen LogP contribution in [0.1, 0.15) is 30.4 Å². The van der Waals surface area contributed by atoms with E-state index in [4.69, 9.17) is 19.4 Å². The predicted octanol–water partition coefficient (Wildman–Crippen LogP) is 8.07. The molecule has 4 aromatic carbocycles. The summed E-state index contributed by atoms with van der Waals surface area (Å²) in [6.45, 7) is 0. The second-order valence-corrected chi connectivity index (χ2v) is 12.3. The molecule has 0 bridgehead atoms. The molecule has 218 valence electrons. The average molecular weight is 593 g/mol. The van der Waals surface area contributed by atoms with Crippen LogP contribution >= 0.6 is 0 Å². The molecule has 3 aliphatic carbocycles. The minimum atomic E-state index is -0.0572. The average Bonchev–Trinajstić information content (AvgIpc) is 3.65. The summed E-state index contributed by atoms with van der Waals surface area (Å²) in [5.41, 5.74) is 6.24. The lowest BCUT2D eigenvalue weighted by Crippen LogP contribution is -2.26. The number of benzene rings is 4. The molecule has 0 N–H and O–H groups in total. The minimum Gasteiger partial charge on any atom is -0.456 e. The second-order valence-electron chi connectivity index (χ2n) is 12.3. The minimum absolute atomic E-state index is 0.0572. The molecule has 3 heterocycles. The maximum Gasteiger partial charge on any atom is 0.238 e. The van der Waals surface area contributed by atoms with E-state index in [0.717, 1.165) is 56.9 Å². The molecule has 10 rings (SSSR count). The van der Waals surface area contributed by atoms with E-state index in [2.05, 4.69) is 126 Å². The molecular weight excluding hydrogens is 564 g/mol. The Kier molecular flexibility index (Phi) is 5.46. The van der Waals surface area contributed by atoms with Crippen molar-refractivity contribution in [2.45, 2.75) is 18.8 Å². The van der Waals surface area contributed by atoms with Gasteiger partial charge in [0.2, 0.25) is 5.95 Å². The van der Waals surface area contributed by atoms with Crippen LogP contribution < -0.4 is 10.6 Å². The van der Waals surface area contributed by atoms with Crippen LogP contribution in [0.4, 0.5) is 0 Å². The molecular formula is C41H28N4O. The van der Waals surface area contributed by atoms with Crippen molar-refractivity contribution in [2.75, 3.05) is 0 Å². The van der Waals surface area contributed by atoms with Crippen molar-refractivity contribution in [1.29, 1.82) is 0 Å². The Bertz CT molecular complexity index is 2660. The van der Waals surface area contributed by atoms with Crippen molar-refractivity contribution in [1.82, 2.24) is 19.5 Å². The fraction of sp³-hybridized carbons (Fsp3) is 0.0976. The van der Waals surface area contributed by atoms with Crippen molar-refractivity contribution >= 4 is 61.3 Å². The molecule has 0 fully saturated rings. The zero-order valence-corrected chi connectivity index (χ0v) is 25.0. The van der Waals surface area contributed by atoms with Crippen LogP contribution in [0.2, 0.25) is 0 Å². The van der Waals surface area contributed by atoms with Gasteiger partial charge in [0.15, 0.2) is 5.82 Å². The standard InChI is InChI=1S/C41H28N4O/c1-2-12-27-23-36-34(22-26(27)11-1)30-15-5-7-18-35(30)45(36)41-43-39(28-20-21-32-31-16-6-8-19-37(31)46-38(32)24-28)42-40(44-41)33-17-9-13-25-10-3-4-14-29(25)33/h1-12,14-19,21-25,28H,13,20H2. The third-order valence-electron chi connectivity index (χ3n) is 9.66. The number of furan rings is 1. The van der Waals surface area contributed by atoms with Crippen molar-refractivity contribution in [3.05, 3.63) is 149 Å². The number of para-hydroxylation sites is 2. The van der Waals surface area contributed by atoms with E-state index < -0.39 is 0 Å². The zero-order chi connectivity index (χ0) is 30.2. The van der Waals surface area contributed by atoms with Gasteiger partial charge in [-0.3, -0.25) is 4.57 Å². The Morgan fingerprint density at radius 2 is 1.52 bits per heavy atom. The first-order chi connectivity index (χ1) is 22.8. The highest BCUT2D eigenvalue weighted by Crippen LogP contribution is 2.37. The molecule has 0 radical (unpaired) electrons. The molecule has 3 aliphatic rings. The fourth-order valence-corrected chi connectivity index (χ4v) is 7.44. The van der Waals surface area contributed by atoms with Gasteiger partial charge in [-0.25, -0.2) is 4.98 Å². The van der Waals surface area contributed by atoms with Crippen LogP contribution in [0.5, 0.6) is 0 Å². The summed E-state index contributed by atoms with van der Waals surface area (Å²) >= 11 is 0. The predicted molar refractivity (Wildman–Crippen MR) is 186 cm³/mol. The first-order valence-corrected chi connectivity index (χ1v) is 15.9. The summed E-state index contributed by atoms with van der Waals surface area (Å²) in [7, 11) is 0. The fourth-order valence-electron chi connectivity index (χ4n) is 7.44. The van der Waals surface area contributed by atoms with Crippen LogP contribution in [0.25, 0.3) is 67.2 Å². The van der Waals surface area contributed by atoms with Crippen LogP contribution in [0, 0.1) is 5.92 Å². The number of hydrogen-bond donors (Lipinski definition) is 0. The van der Waals surface area contributed by atoms with Crippen LogP contribution in [0.15, 0.2) is 131 Å². The molecule has 3 aromatic heterocycles. The molecule has 5 heteroatoms. The van der Waals surface area contributed by atoms with Gasteiger partial charge in [0.05, 0.1) is 11.0 Å². The summed E-state index contributed by atoms with van der Waals surface area (Å²) in [5.74, 6) is 2.34. The van der Waals surface area contributed by atoms with Crippen LogP contribution in [-0.2, 0) is 0 Å². The molecule has 0 saturated carbocycles. The summed E-state index contributed by atoms with van der Waals surface area (Å²) < 4.78 is 8.54. The van der Waals surface area contributed by atoms with Crippen molar-refractivity contribution in [3.63, 3.8) is 0 Å². The lowest BCUT2D eigenvalue weighted by Gasteiger charge is -2.23. The number of allylic oxidation sites excluding steroid dienone is 8. The summed E-state index contributed by atoms with van der Waals surface area (Å²) in [6.07, 6.45) is 19.4. The second kappa shape index (κ2) is 9.85. The Hall–Kier alpha value is -5.81. The summed E-state index contributed by atoms with van der Waals surface area (Å²) in [5, 5.41) is 7.05. The number of fused-ring (bicyclic) bond motifs is 8. The monoisotopic (exact) mass is 592 g/mol. The third-order valence-corrected chi connectivity index (χ3v) is 9.66. The van der Waals surface area contributed by atoms with E-state index in [9.17, 15) is 0 Å². The van der Waals surface area contributed by atoms with Gasteiger partial charge in [-0.05, 0) is 59.5 Å². The Labute approximate surface area is 264 Å². The number of nitrogens with zero attached hydrogens (tertiary/aromatic N) is 4. The normalized spacial score (nSPS) is 18.7. The lowest BCUT2D eigenvalue weighted by atomic mass is 9.84. The largest absolute Gasteiger partial charge is 0.456 e. The number of hydrogen-bond acceptors (Lipinski definition) is 4. The topological polar surface area (TPSA) is 56.7 Å². The van der Waals surface area contributed by atoms with Gasteiger partial charge in [-0.2, -0.15) is 9.97 Å². The van der Waals surface area contributed by atoms with E-state index in [1.54, 1.807) is 0 Å². The quantitative estimate of drug-likeness (QED) is 0.208. The summed E-state index contributed by atoms with van der Waals surface area (Å²) in [4.78, 5) is 15.8. The van der Waals surface area contributed by atoms with E-state index in [1.165, 1.54) is 27.1 Å². The van der Waals surface area contributed by atoms with Gasteiger partial charge < -0.3 is 4.42 Å². The Morgan fingerprint density at radius 1 is 0.696 bits per heavy atom. The smallest absolute Gasteiger partial charge is 0.238 e. The first kappa shape index (κ1) is 25.5. The van der Waals surface area contributed by atoms with Gasteiger partial charge in [-0.15, -0.1) is 0 Å². The van der Waals surface area contributed by atoms with E-state index >= 15 is 0 Å². The molecule has 0 spiro atoms. The summed E-state index contributed by atoms with van der Waals surface area (Å²) in [6, 6.07) is 29.9. The highest BCUT2D eigenvalue weighted by molar-refractivity contribution is 6.13. The van der Waals surface area contributed by atoms with E-state index in [-0.39, 0.29) is 5.92 Å². The highest BCUT2D eigenvalue weighted by Gasteiger charge is 2.25. The van der Waals surface area contributed by atoms with Gasteiger partial charge in [0, 0.05) is 38.8 Å². The molecule has 46 heavy (non-hydrogen) atoms. The van der Waals surface area contributed by atoms with Gasteiger partial charge in [-0.1, -0.05) is 103 Å². The molecule has 0 aliphatic heterocycles. The third kappa shape index (κ3) is 3.85. The van der Waals surface area contributed by atoms with Gasteiger partial charge in [0.1, 0.15) is 16.8 Å². The van der Waals surface area contributed by atoms with Gasteiger partial charge >= 0.3 is 0 Å². The van der Waals surface area contributed by atoms with Crippen molar-refractivity contribution < 1.29 is 4.42 Å². The molecule has 2 atom stereocenters. The lowest BCUT2D eigenvalue weighted by molar-refractivity contribution is 0.567. The van der Waals surface area contributed by atoms with Crippen molar-refractivity contribution in [2.24, 2.45) is 5.92 Å². The molecule has 0 amide bonds. The molecule has 2 unspecified atom stereocenters. The SMILES string of the molecule is C1=CC2=C(c3nc(C4C=c5oc6ccccc6c5=CC4)nc(-n4c5ccccc5c5cc6ccccc6cc54)n3)C=CCC2C=C1. The molecule has 5 nitrogen and oxygen atoms in total.